The van der Waals surface area contributed by atoms with Crippen LogP contribution < -0.4 is 5.14 Å². The van der Waals surface area contributed by atoms with Crippen molar-refractivity contribution in [1.29, 1.82) is 0 Å². The minimum Gasteiger partial charge on any atom is -0.297 e. The van der Waals surface area contributed by atoms with Crippen molar-refractivity contribution in [2.24, 2.45) is 5.14 Å². The average molecular weight is 105 g/mol. The molecular formula is C4H11NS. The van der Waals surface area contributed by atoms with Gasteiger partial charge in [0, 0.05) is 0 Å². The first-order valence-corrected chi connectivity index (χ1v) is 4.17. The van der Waals surface area contributed by atoms with Gasteiger partial charge >= 0.3 is 0 Å². The summed E-state index contributed by atoms with van der Waals surface area (Å²) in [4.78, 5) is 0. The van der Waals surface area contributed by atoms with Gasteiger partial charge in [-0.25, -0.2) is 11.1 Å². The average Bonchev–Trinajstić information content (AvgIpc) is 1.86. The quantitative estimate of drug-likeness (QED) is 0.435. The molecule has 1 rings (SSSR count). The predicted octanol–water partition coefficient (Wildman–Crippen LogP) is 0.655. The molecule has 0 spiro atoms. The maximum atomic E-state index is 5.60. The largest absolute Gasteiger partial charge is 0.297 e. The molecule has 6 heavy (non-hydrogen) atoms. The molecule has 1 nitrogen and oxygen atoms in total. The normalized spacial score (nSPS) is 28.5. The summed E-state index contributed by atoms with van der Waals surface area (Å²) in [6, 6.07) is 0. The highest BCUT2D eigenvalue weighted by molar-refractivity contribution is 8.15. The van der Waals surface area contributed by atoms with Crippen LogP contribution in [-0.2, 0) is 0 Å². The van der Waals surface area contributed by atoms with E-state index in [-0.39, 0.29) is 11.1 Å². The third-order valence-electron chi connectivity index (χ3n) is 1.14. The number of hydrogen-bond donors (Lipinski definition) is 2. The van der Waals surface area contributed by atoms with Crippen LogP contribution in [0.4, 0.5) is 0 Å². The fraction of sp³-hybridized carbons (Fsp3) is 1.00. The van der Waals surface area contributed by atoms with E-state index in [1.165, 1.54) is 24.3 Å². The van der Waals surface area contributed by atoms with Crippen molar-refractivity contribution in [3.05, 3.63) is 0 Å². The van der Waals surface area contributed by atoms with Crippen LogP contribution in [0.25, 0.3) is 0 Å². The molecule has 2 N–H and O–H groups in total. The standard InChI is InChI=1S/C4H11NS/c5-6-3-1-2-4-6/h6H,1-5H2. The topological polar surface area (TPSA) is 26.0 Å². The van der Waals surface area contributed by atoms with E-state index in [1.807, 2.05) is 0 Å². The number of nitrogens with two attached hydrogens (primary N) is 1. The maximum absolute atomic E-state index is 5.60. The van der Waals surface area contributed by atoms with Crippen molar-refractivity contribution < 1.29 is 0 Å². The second-order valence-electron chi connectivity index (χ2n) is 1.74. The molecule has 1 aliphatic rings. The SMILES string of the molecule is N[SH]1CCCC1. The van der Waals surface area contributed by atoms with Crippen LogP contribution in [0.3, 0.4) is 0 Å². The van der Waals surface area contributed by atoms with Crippen LogP contribution in [0.1, 0.15) is 12.8 Å². The molecule has 0 atom stereocenters. The highest BCUT2D eigenvalue weighted by Crippen LogP contribution is 2.25. The zero-order valence-corrected chi connectivity index (χ0v) is 4.75. The van der Waals surface area contributed by atoms with Crippen molar-refractivity contribution in [2.45, 2.75) is 12.8 Å². The van der Waals surface area contributed by atoms with Gasteiger partial charge in [-0.3, -0.25) is 5.14 Å². The molecule has 2 heteroatoms. The monoisotopic (exact) mass is 105 g/mol. The highest BCUT2D eigenvalue weighted by Gasteiger charge is 2.03. The lowest BCUT2D eigenvalue weighted by molar-refractivity contribution is 0.949. The number of hydrogen-bond acceptors (Lipinski definition) is 1. The third kappa shape index (κ3) is 0.884. The molecule has 0 aliphatic carbocycles. The van der Waals surface area contributed by atoms with Crippen molar-refractivity contribution in [3.8, 4) is 0 Å². The van der Waals surface area contributed by atoms with Gasteiger partial charge < -0.3 is 0 Å². The highest BCUT2D eigenvalue weighted by atomic mass is 32.2. The van der Waals surface area contributed by atoms with E-state index >= 15 is 0 Å². The summed E-state index contributed by atoms with van der Waals surface area (Å²) in [7, 11) is 0. The summed E-state index contributed by atoms with van der Waals surface area (Å²) >= 11 is 0.0350. The number of rotatable bonds is 0. The molecular weight excluding hydrogens is 94.1 g/mol. The lowest BCUT2D eigenvalue weighted by Crippen LogP contribution is -1.91. The molecule has 38 valence electrons. The van der Waals surface area contributed by atoms with E-state index in [0.717, 1.165) is 0 Å². The van der Waals surface area contributed by atoms with E-state index in [0.29, 0.717) is 0 Å². The molecule has 0 saturated carbocycles. The van der Waals surface area contributed by atoms with Crippen LogP contribution in [0.5, 0.6) is 0 Å². The van der Waals surface area contributed by atoms with Gasteiger partial charge in [0.1, 0.15) is 0 Å². The summed E-state index contributed by atoms with van der Waals surface area (Å²) in [6.07, 6.45) is 2.78. The molecule has 1 fully saturated rings. The summed E-state index contributed by atoms with van der Waals surface area (Å²) in [5.74, 6) is 2.66. The first-order valence-electron chi connectivity index (χ1n) is 2.39. The van der Waals surface area contributed by atoms with Crippen molar-refractivity contribution >= 4 is 11.1 Å². The van der Waals surface area contributed by atoms with Gasteiger partial charge in [-0.15, -0.1) is 0 Å². The van der Waals surface area contributed by atoms with Gasteiger partial charge in [-0.2, -0.15) is 0 Å². The fourth-order valence-electron chi connectivity index (χ4n) is 0.742. The van der Waals surface area contributed by atoms with E-state index < -0.39 is 0 Å². The van der Waals surface area contributed by atoms with Crippen molar-refractivity contribution in [2.75, 3.05) is 11.5 Å². The second-order valence-corrected chi connectivity index (χ2v) is 3.82. The Morgan fingerprint density at radius 2 is 1.67 bits per heavy atom. The Bertz CT molecular complexity index is 40.8. The molecule has 0 aromatic heterocycles. The van der Waals surface area contributed by atoms with Gasteiger partial charge in [0.05, 0.1) is 0 Å². The van der Waals surface area contributed by atoms with Crippen molar-refractivity contribution in [1.82, 2.24) is 0 Å². The van der Waals surface area contributed by atoms with E-state index in [1.54, 1.807) is 0 Å². The van der Waals surface area contributed by atoms with Gasteiger partial charge in [0.2, 0.25) is 0 Å². The zero-order valence-electron chi connectivity index (χ0n) is 3.85. The Morgan fingerprint density at radius 3 is 1.83 bits per heavy atom. The third-order valence-corrected chi connectivity index (χ3v) is 2.92. The van der Waals surface area contributed by atoms with Crippen LogP contribution in [0.15, 0.2) is 0 Å². The Labute approximate surface area is 41.4 Å². The Balaban J connectivity index is 2.18. The van der Waals surface area contributed by atoms with Gasteiger partial charge in [0.15, 0.2) is 0 Å². The maximum Gasteiger partial charge on any atom is -0.0138 e. The molecule has 0 radical (unpaired) electrons. The molecule has 0 bridgehead atoms. The first kappa shape index (κ1) is 4.47. The smallest absolute Gasteiger partial charge is 0.0138 e. The Hall–Kier alpha value is 0.310. The molecule has 0 unspecified atom stereocenters. The van der Waals surface area contributed by atoms with Gasteiger partial charge in [-0.1, -0.05) is 0 Å². The molecule has 0 aromatic carbocycles. The lowest BCUT2D eigenvalue weighted by Gasteiger charge is -2.00. The minimum absolute atomic E-state index is 0.0350. The molecule has 0 amide bonds. The minimum atomic E-state index is 0.0350. The number of thiol groups is 1. The Kier molecular flexibility index (Phi) is 1.37. The van der Waals surface area contributed by atoms with Crippen molar-refractivity contribution in [3.63, 3.8) is 0 Å². The lowest BCUT2D eigenvalue weighted by atomic mass is 10.4. The van der Waals surface area contributed by atoms with Gasteiger partial charge in [0.25, 0.3) is 0 Å². The first-order chi connectivity index (χ1) is 2.89. The van der Waals surface area contributed by atoms with Crippen LogP contribution >= 0.6 is 11.1 Å². The van der Waals surface area contributed by atoms with Crippen LogP contribution in [0.2, 0.25) is 0 Å². The summed E-state index contributed by atoms with van der Waals surface area (Å²) < 4.78 is 0. The van der Waals surface area contributed by atoms with E-state index in [9.17, 15) is 0 Å². The van der Waals surface area contributed by atoms with Gasteiger partial charge in [-0.05, 0) is 24.3 Å². The Morgan fingerprint density at radius 1 is 1.17 bits per heavy atom. The van der Waals surface area contributed by atoms with E-state index in [2.05, 4.69) is 0 Å². The fourth-order valence-corrected chi connectivity index (χ4v) is 2.22. The summed E-state index contributed by atoms with van der Waals surface area (Å²) in [5.41, 5.74) is 0. The second kappa shape index (κ2) is 1.85. The summed E-state index contributed by atoms with van der Waals surface area (Å²) in [5, 5.41) is 5.60. The van der Waals surface area contributed by atoms with Crippen LogP contribution in [0, 0.1) is 0 Å². The van der Waals surface area contributed by atoms with E-state index in [4.69, 9.17) is 5.14 Å². The predicted molar refractivity (Wildman–Crippen MR) is 32.1 cm³/mol. The molecule has 1 heterocycles. The molecule has 1 saturated heterocycles. The van der Waals surface area contributed by atoms with Crippen LogP contribution in [-0.4, -0.2) is 11.5 Å². The molecule has 0 aromatic rings. The zero-order chi connectivity index (χ0) is 4.41. The summed E-state index contributed by atoms with van der Waals surface area (Å²) in [6.45, 7) is 0. The molecule has 1 aliphatic heterocycles.